The molecule has 0 aliphatic carbocycles. The van der Waals surface area contributed by atoms with Crippen molar-refractivity contribution in [2.45, 2.75) is 18.1 Å². The summed E-state index contributed by atoms with van der Waals surface area (Å²) in [6.45, 7) is 0.578. The smallest absolute Gasteiger partial charge is 0.227 e. The molecule has 2 aromatic rings. The van der Waals surface area contributed by atoms with Crippen molar-refractivity contribution >= 4 is 9.84 Å². The van der Waals surface area contributed by atoms with E-state index in [1.54, 1.807) is 17.9 Å². The van der Waals surface area contributed by atoms with E-state index in [0.29, 0.717) is 6.54 Å². The molecule has 0 saturated carbocycles. The molecule has 0 radical (unpaired) electrons. The average molecular weight is 280 g/mol. The van der Waals surface area contributed by atoms with E-state index in [-0.39, 0.29) is 5.16 Å². The maximum absolute atomic E-state index is 11.5. The number of ether oxygens (including phenoxy) is 1. The fourth-order valence-corrected chi connectivity index (χ4v) is 2.67. The molecule has 0 atom stereocenters. The maximum atomic E-state index is 11.5. The molecule has 6 heteroatoms. The van der Waals surface area contributed by atoms with E-state index in [1.165, 1.54) is 12.5 Å². The third-order valence-corrected chi connectivity index (χ3v) is 3.81. The van der Waals surface area contributed by atoms with Crippen molar-refractivity contribution < 1.29 is 13.2 Å². The van der Waals surface area contributed by atoms with Crippen LogP contribution in [0.15, 0.2) is 41.8 Å². The minimum Gasteiger partial charge on any atom is -0.497 e. The molecule has 5 nitrogen and oxygen atoms in total. The monoisotopic (exact) mass is 280 g/mol. The van der Waals surface area contributed by atoms with Crippen molar-refractivity contribution in [3.63, 3.8) is 0 Å². The number of nitrogens with zero attached hydrogens (tertiary/aromatic N) is 2. The Morgan fingerprint density at radius 1 is 1.26 bits per heavy atom. The van der Waals surface area contributed by atoms with Gasteiger partial charge in [0.15, 0.2) is 0 Å². The molecule has 0 spiro atoms. The molecule has 1 heterocycles. The standard InChI is InChI=1S/C13H16N2O3S/c1-18-12-5-3-11(4-6-12)7-9-15-10-8-14-13(15)19(2,16)17/h3-6,8,10H,7,9H2,1-2H3. The summed E-state index contributed by atoms with van der Waals surface area (Å²) >= 11 is 0. The molecular weight excluding hydrogens is 264 g/mol. The Labute approximate surface area is 112 Å². The van der Waals surface area contributed by atoms with Gasteiger partial charge >= 0.3 is 0 Å². The minimum absolute atomic E-state index is 0.112. The lowest BCUT2D eigenvalue weighted by Gasteiger charge is -2.07. The van der Waals surface area contributed by atoms with Gasteiger partial charge < -0.3 is 9.30 Å². The first kappa shape index (κ1) is 13.6. The Hall–Kier alpha value is -1.82. The molecule has 0 N–H and O–H groups in total. The Balaban J connectivity index is 2.08. The van der Waals surface area contributed by atoms with Crippen LogP contribution in [-0.2, 0) is 22.8 Å². The summed E-state index contributed by atoms with van der Waals surface area (Å²) < 4.78 is 29.8. The van der Waals surface area contributed by atoms with Crippen LogP contribution < -0.4 is 4.74 Å². The zero-order valence-electron chi connectivity index (χ0n) is 10.9. The second kappa shape index (κ2) is 5.44. The normalized spacial score (nSPS) is 11.5. The molecule has 0 bridgehead atoms. The van der Waals surface area contributed by atoms with Crippen molar-refractivity contribution in [1.82, 2.24) is 9.55 Å². The quantitative estimate of drug-likeness (QED) is 0.833. The number of aromatic nitrogens is 2. The topological polar surface area (TPSA) is 61.2 Å². The number of imidazole rings is 1. The first-order valence-electron chi connectivity index (χ1n) is 5.85. The van der Waals surface area contributed by atoms with Crippen molar-refractivity contribution in [3.05, 3.63) is 42.2 Å². The molecule has 1 aromatic heterocycles. The predicted molar refractivity (Wildman–Crippen MR) is 72.0 cm³/mol. The van der Waals surface area contributed by atoms with Crippen molar-refractivity contribution in [1.29, 1.82) is 0 Å². The predicted octanol–water partition coefficient (Wildman–Crippen LogP) is 1.54. The molecule has 0 fully saturated rings. The van der Waals surface area contributed by atoms with Gasteiger partial charge in [0.25, 0.3) is 0 Å². The first-order chi connectivity index (χ1) is 9.00. The summed E-state index contributed by atoms with van der Waals surface area (Å²) in [5.74, 6) is 0.809. The Kier molecular flexibility index (Phi) is 3.90. The van der Waals surface area contributed by atoms with E-state index >= 15 is 0 Å². The van der Waals surface area contributed by atoms with Crippen LogP contribution in [0.2, 0.25) is 0 Å². The largest absolute Gasteiger partial charge is 0.497 e. The molecule has 2 rings (SSSR count). The second-order valence-corrected chi connectivity index (χ2v) is 6.18. The van der Waals surface area contributed by atoms with E-state index in [4.69, 9.17) is 4.74 Å². The van der Waals surface area contributed by atoms with E-state index in [2.05, 4.69) is 4.98 Å². The van der Waals surface area contributed by atoms with E-state index in [1.807, 2.05) is 24.3 Å². The molecule has 102 valence electrons. The van der Waals surface area contributed by atoms with Gasteiger partial charge in [-0.2, -0.15) is 0 Å². The number of benzene rings is 1. The number of hydrogen-bond donors (Lipinski definition) is 0. The molecule has 1 aromatic carbocycles. The molecular formula is C13H16N2O3S. The number of sulfone groups is 1. The highest BCUT2D eigenvalue weighted by atomic mass is 32.2. The van der Waals surface area contributed by atoms with Gasteiger partial charge in [-0.3, -0.25) is 0 Å². The summed E-state index contributed by atoms with van der Waals surface area (Å²) in [7, 11) is -1.65. The van der Waals surface area contributed by atoms with Crippen LogP contribution in [0.4, 0.5) is 0 Å². The van der Waals surface area contributed by atoms with Crippen LogP contribution in [-0.4, -0.2) is 31.3 Å². The number of methoxy groups -OCH3 is 1. The van der Waals surface area contributed by atoms with Crippen molar-refractivity contribution in [2.24, 2.45) is 0 Å². The van der Waals surface area contributed by atoms with Crippen LogP contribution in [0.5, 0.6) is 5.75 Å². The third-order valence-electron chi connectivity index (χ3n) is 2.81. The summed E-state index contributed by atoms with van der Waals surface area (Å²) in [6, 6.07) is 7.72. The molecule has 19 heavy (non-hydrogen) atoms. The molecule has 0 aliphatic rings. The van der Waals surface area contributed by atoms with Gasteiger partial charge in [0.2, 0.25) is 15.0 Å². The average Bonchev–Trinajstić information content (AvgIpc) is 2.85. The summed E-state index contributed by atoms with van der Waals surface area (Å²) in [5, 5.41) is 0.112. The second-order valence-electron chi connectivity index (χ2n) is 4.27. The summed E-state index contributed by atoms with van der Waals surface area (Å²) in [6.07, 6.45) is 5.09. The lowest BCUT2D eigenvalue weighted by Crippen LogP contribution is -2.10. The zero-order chi connectivity index (χ0) is 13.9. The van der Waals surface area contributed by atoms with Crippen LogP contribution in [0.25, 0.3) is 0 Å². The van der Waals surface area contributed by atoms with E-state index in [0.717, 1.165) is 17.7 Å². The fraction of sp³-hybridized carbons (Fsp3) is 0.308. The maximum Gasteiger partial charge on any atom is 0.227 e. The van der Waals surface area contributed by atoms with Gasteiger partial charge in [-0.15, -0.1) is 0 Å². The van der Waals surface area contributed by atoms with Gasteiger partial charge in [0.05, 0.1) is 7.11 Å². The van der Waals surface area contributed by atoms with Crippen LogP contribution in [0.1, 0.15) is 5.56 Å². The lowest BCUT2D eigenvalue weighted by atomic mass is 10.1. The highest BCUT2D eigenvalue weighted by Gasteiger charge is 2.13. The number of hydrogen-bond acceptors (Lipinski definition) is 4. The van der Waals surface area contributed by atoms with Crippen LogP contribution in [0.3, 0.4) is 0 Å². The highest BCUT2D eigenvalue weighted by molar-refractivity contribution is 7.90. The van der Waals surface area contributed by atoms with Crippen molar-refractivity contribution in [3.8, 4) is 5.75 Å². The van der Waals surface area contributed by atoms with E-state index in [9.17, 15) is 8.42 Å². The van der Waals surface area contributed by atoms with E-state index < -0.39 is 9.84 Å². The van der Waals surface area contributed by atoms with Crippen LogP contribution >= 0.6 is 0 Å². The van der Waals surface area contributed by atoms with Gasteiger partial charge in [0, 0.05) is 25.2 Å². The number of rotatable bonds is 5. The molecule has 0 unspecified atom stereocenters. The molecule has 0 aliphatic heterocycles. The number of aryl methyl sites for hydroxylation is 2. The van der Waals surface area contributed by atoms with Gasteiger partial charge in [-0.25, -0.2) is 13.4 Å². The minimum atomic E-state index is -3.27. The van der Waals surface area contributed by atoms with Crippen molar-refractivity contribution in [2.75, 3.05) is 13.4 Å². The highest BCUT2D eigenvalue weighted by Crippen LogP contribution is 2.13. The third kappa shape index (κ3) is 3.35. The first-order valence-corrected chi connectivity index (χ1v) is 7.74. The summed E-state index contributed by atoms with van der Waals surface area (Å²) in [4.78, 5) is 3.88. The molecule has 0 amide bonds. The Morgan fingerprint density at radius 3 is 2.53 bits per heavy atom. The fourth-order valence-electron chi connectivity index (χ4n) is 1.84. The SMILES string of the molecule is COc1ccc(CCn2ccnc2S(C)(=O)=O)cc1. The summed E-state index contributed by atoms with van der Waals surface area (Å²) in [5.41, 5.74) is 1.12. The van der Waals surface area contributed by atoms with Gasteiger partial charge in [-0.1, -0.05) is 12.1 Å². The Morgan fingerprint density at radius 2 is 1.95 bits per heavy atom. The zero-order valence-corrected chi connectivity index (χ0v) is 11.7. The van der Waals surface area contributed by atoms with Gasteiger partial charge in [-0.05, 0) is 24.1 Å². The van der Waals surface area contributed by atoms with Crippen LogP contribution in [0, 0.1) is 0 Å². The van der Waals surface area contributed by atoms with Gasteiger partial charge in [0.1, 0.15) is 5.75 Å². The molecule has 0 saturated heterocycles. The Bertz CT molecular complexity index is 645. The lowest BCUT2D eigenvalue weighted by molar-refractivity contribution is 0.414.